The van der Waals surface area contributed by atoms with Crippen LogP contribution < -0.4 is 5.32 Å². The number of ether oxygens (including phenoxy) is 1. The number of aromatic nitrogens is 3. The largest absolute Gasteiger partial charge is 0.425 e. The average Bonchev–Trinajstić information content (AvgIpc) is 3.32. The van der Waals surface area contributed by atoms with Crippen LogP contribution in [0.1, 0.15) is 58.0 Å². The standard InChI is InChI=1S/C20H31N5O4/c1-13-22-23-18(28-13)19(2,3)15-11-16(29-24-15)21-17(26)20(4,5)25(6)12-14-7-9-27-10-8-14/h11,14H,7-10,12H2,1-6H3,(H,21,26). The summed E-state index contributed by atoms with van der Waals surface area (Å²) in [5, 5.41) is 14.9. The van der Waals surface area contributed by atoms with Gasteiger partial charge in [-0.05, 0) is 53.5 Å². The average molecular weight is 405 g/mol. The number of rotatable bonds is 7. The van der Waals surface area contributed by atoms with Crippen LogP contribution in [0.2, 0.25) is 0 Å². The molecule has 9 nitrogen and oxygen atoms in total. The van der Waals surface area contributed by atoms with Crippen molar-refractivity contribution in [3.63, 3.8) is 0 Å². The maximum absolute atomic E-state index is 12.9. The number of nitrogens with one attached hydrogen (secondary N) is 1. The second kappa shape index (κ2) is 8.23. The first-order valence-electron chi connectivity index (χ1n) is 9.99. The molecule has 0 aliphatic carbocycles. The van der Waals surface area contributed by atoms with Crippen molar-refractivity contribution in [1.29, 1.82) is 0 Å². The summed E-state index contributed by atoms with van der Waals surface area (Å²) in [7, 11) is 1.97. The fraction of sp³-hybridized carbons (Fsp3) is 0.700. The Morgan fingerprint density at radius 1 is 1.24 bits per heavy atom. The fourth-order valence-electron chi connectivity index (χ4n) is 3.27. The second-order valence-electron chi connectivity index (χ2n) is 8.78. The summed E-state index contributed by atoms with van der Waals surface area (Å²) < 4.78 is 16.3. The minimum atomic E-state index is -0.704. The Balaban J connectivity index is 1.65. The number of aryl methyl sites for hydroxylation is 1. The van der Waals surface area contributed by atoms with Gasteiger partial charge in [0.15, 0.2) is 0 Å². The first kappa shape index (κ1) is 21.4. The first-order chi connectivity index (χ1) is 13.6. The van der Waals surface area contributed by atoms with Crippen molar-refractivity contribution in [3.05, 3.63) is 23.5 Å². The highest BCUT2D eigenvalue weighted by molar-refractivity contribution is 5.96. The van der Waals surface area contributed by atoms with Gasteiger partial charge in [0.25, 0.3) is 0 Å². The van der Waals surface area contributed by atoms with Gasteiger partial charge in [0.1, 0.15) is 5.69 Å². The Bertz CT molecular complexity index is 836. The molecular weight excluding hydrogens is 374 g/mol. The summed E-state index contributed by atoms with van der Waals surface area (Å²) in [6.07, 6.45) is 2.05. The molecule has 3 rings (SSSR count). The monoisotopic (exact) mass is 405 g/mol. The molecule has 3 heterocycles. The molecule has 1 N–H and O–H groups in total. The number of hydrogen-bond donors (Lipinski definition) is 1. The van der Waals surface area contributed by atoms with E-state index in [0.29, 0.717) is 29.3 Å². The van der Waals surface area contributed by atoms with Crippen LogP contribution in [0.4, 0.5) is 5.88 Å². The molecule has 2 aromatic heterocycles. The van der Waals surface area contributed by atoms with Crippen LogP contribution in [0.5, 0.6) is 0 Å². The molecule has 0 unspecified atom stereocenters. The van der Waals surface area contributed by atoms with Crippen molar-refractivity contribution < 1.29 is 18.5 Å². The Morgan fingerprint density at radius 2 is 1.93 bits per heavy atom. The van der Waals surface area contributed by atoms with Gasteiger partial charge in [0.05, 0.1) is 11.0 Å². The highest BCUT2D eigenvalue weighted by Crippen LogP contribution is 2.31. The second-order valence-corrected chi connectivity index (χ2v) is 8.78. The number of carbonyl (C=O) groups is 1. The molecule has 1 aliphatic rings. The lowest BCUT2D eigenvalue weighted by Crippen LogP contribution is -2.52. The molecule has 1 fully saturated rings. The minimum absolute atomic E-state index is 0.152. The lowest BCUT2D eigenvalue weighted by molar-refractivity contribution is -0.126. The van der Waals surface area contributed by atoms with Crippen LogP contribution >= 0.6 is 0 Å². The van der Waals surface area contributed by atoms with Gasteiger partial charge in [0.2, 0.25) is 23.6 Å². The van der Waals surface area contributed by atoms with Crippen LogP contribution in [0, 0.1) is 12.8 Å². The van der Waals surface area contributed by atoms with Crippen molar-refractivity contribution in [3.8, 4) is 0 Å². The van der Waals surface area contributed by atoms with Gasteiger partial charge >= 0.3 is 0 Å². The zero-order chi connectivity index (χ0) is 21.2. The highest BCUT2D eigenvalue weighted by Gasteiger charge is 2.36. The van der Waals surface area contributed by atoms with Crippen molar-refractivity contribution >= 4 is 11.8 Å². The van der Waals surface area contributed by atoms with E-state index in [2.05, 4.69) is 25.6 Å². The van der Waals surface area contributed by atoms with E-state index in [4.69, 9.17) is 13.7 Å². The normalized spacial score (nSPS) is 16.4. The number of nitrogens with zero attached hydrogens (tertiary/aromatic N) is 4. The SMILES string of the molecule is Cc1nnc(C(C)(C)c2cc(NC(=O)C(C)(C)N(C)CC3CCOCC3)on2)o1. The molecule has 1 amide bonds. The number of carbonyl (C=O) groups excluding carboxylic acids is 1. The van der Waals surface area contributed by atoms with Gasteiger partial charge in [0, 0.05) is 32.7 Å². The van der Waals surface area contributed by atoms with Gasteiger partial charge in [-0.2, -0.15) is 0 Å². The third kappa shape index (κ3) is 4.67. The Hall–Kier alpha value is -2.26. The van der Waals surface area contributed by atoms with Crippen LogP contribution in [0.3, 0.4) is 0 Å². The van der Waals surface area contributed by atoms with Crippen molar-refractivity contribution in [2.45, 2.75) is 58.4 Å². The maximum atomic E-state index is 12.9. The van der Waals surface area contributed by atoms with Gasteiger partial charge in [-0.3, -0.25) is 15.0 Å². The molecule has 1 aliphatic heterocycles. The van der Waals surface area contributed by atoms with E-state index < -0.39 is 11.0 Å². The summed E-state index contributed by atoms with van der Waals surface area (Å²) in [5.74, 6) is 1.61. The van der Waals surface area contributed by atoms with Crippen molar-refractivity contribution in [1.82, 2.24) is 20.3 Å². The van der Waals surface area contributed by atoms with E-state index >= 15 is 0 Å². The Labute approximate surface area is 171 Å². The molecule has 2 aromatic rings. The van der Waals surface area contributed by atoms with Crippen LogP contribution in [-0.4, -0.2) is 58.5 Å². The Kier molecular flexibility index (Phi) is 6.09. The molecule has 160 valence electrons. The van der Waals surface area contributed by atoms with E-state index in [1.54, 1.807) is 13.0 Å². The van der Waals surface area contributed by atoms with E-state index in [-0.39, 0.29) is 5.91 Å². The third-order valence-electron chi connectivity index (χ3n) is 5.83. The number of amides is 1. The summed E-state index contributed by atoms with van der Waals surface area (Å²) in [4.78, 5) is 15.0. The predicted octanol–water partition coefficient (Wildman–Crippen LogP) is 2.77. The van der Waals surface area contributed by atoms with Crippen molar-refractivity contribution in [2.75, 3.05) is 32.1 Å². The van der Waals surface area contributed by atoms with E-state index in [0.717, 1.165) is 32.6 Å². The quantitative estimate of drug-likeness (QED) is 0.749. The number of anilines is 1. The Morgan fingerprint density at radius 3 is 2.55 bits per heavy atom. The summed E-state index contributed by atoms with van der Waals surface area (Å²) in [6, 6.07) is 1.70. The molecule has 0 spiro atoms. The number of hydrogen-bond acceptors (Lipinski definition) is 8. The lowest BCUT2D eigenvalue weighted by atomic mass is 9.89. The van der Waals surface area contributed by atoms with Gasteiger partial charge < -0.3 is 13.7 Å². The summed E-state index contributed by atoms with van der Waals surface area (Å²) in [6.45, 7) is 11.8. The molecule has 9 heteroatoms. The van der Waals surface area contributed by atoms with Crippen LogP contribution in [-0.2, 0) is 14.9 Å². The van der Waals surface area contributed by atoms with Crippen LogP contribution in [0.25, 0.3) is 0 Å². The van der Waals surface area contributed by atoms with E-state index in [1.807, 2.05) is 34.7 Å². The maximum Gasteiger partial charge on any atom is 0.246 e. The summed E-state index contributed by atoms with van der Waals surface area (Å²) in [5.41, 5.74) is -0.738. The molecule has 0 aromatic carbocycles. The first-order valence-corrected chi connectivity index (χ1v) is 9.99. The zero-order valence-corrected chi connectivity index (χ0v) is 18.1. The van der Waals surface area contributed by atoms with E-state index in [1.165, 1.54) is 0 Å². The lowest BCUT2D eigenvalue weighted by Gasteiger charge is -2.37. The molecule has 0 bridgehead atoms. The molecule has 1 saturated heterocycles. The summed E-state index contributed by atoms with van der Waals surface area (Å²) >= 11 is 0. The topological polar surface area (TPSA) is 107 Å². The molecule has 0 saturated carbocycles. The number of likely N-dealkylation sites (N-methyl/N-ethyl adjacent to an activating group) is 1. The highest BCUT2D eigenvalue weighted by atomic mass is 16.5. The molecule has 0 atom stereocenters. The van der Waals surface area contributed by atoms with Crippen LogP contribution in [0.15, 0.2) is 15.0 Å². The van der Waals surface area contributed by atoms with Gasteiger partial charge in [-0.15, -0.1) is 10.2 Å². The van der Waals surface area contributed by atoms with E-state index in [9.17, 15) is 4.79 Å². The van der Waals surface area contributed by atoms with Gasteiger partial charge in [-0.25, -0.2) is 0 Å². The van der Waals surface area contributed by atoms with Crippen molar-refractivity contribution in [2.24, 2.45) is 5.92 Å². The minimum Gasteiger partial charge on any atom is -0.425 e. The smallest absolute Gasteiger partial charge is 0.246 e. The fourth-order valence-corrected chi connectivity index (χ4v) is 3.27. The third-order valence-corrected chi connectivity index (χ3v) is 5.83. The zero-order valence-electron chi connectivity index (χ0n) is 18.1. The van der Waals surface area contributed by atoms with Gasteiger partial charge in [-0.1, -0.05) is 5.16 Å². The molecular formula is C20H31N5O4. The molecule has 29 heavy (non-hydrogen) atoms. The predicted molar refractivity (Wildman–Crippen MR) is 107 cm³/mol. The molecule has 0 radical (unpaired) electrons.